The lowest BCUT2D eigenvalue weighted by molar-refractivity contribution is -0.138. The van der Waals surface area contributed by atoms with Crippen LogP contribution in [-0.4, -0.2) is 178 Å². The van der Waals surface area contributed by atoms with Gasteiger partial charge in [-0.05, 0) is 166 Å². The molecule has 3 saturated carbocycles. The number of likely N-dealkylation sites (N-methyl/N-ethyl adjacent to an activating group) is 3. The van der Waals surface area contributed by atoms with Gasteiger partial charge >= 0.3 is 0 Å². The van der Waals surface area contributed by atoms with Gasteiger partial charge in [0.05, 0.1) is 38.1 Å². The van der Waals surface area contributed by atoms with Crippen molar-refractivity contribution in [3.05, 3.63) is 88.0 Å². The molecule has 0 radical (unpaired) electrons. The van der Waals surface area contributed by atoms with Crippen molar-refractivity contribution in [1.82, 2.24) is 14.7 Å². The summed E-state index contributed by atoms with van der Waals surface area (Å²) in [5.41, 5.74) is 21.1. The summed E-state index contributed by atoms with van der Waals surface area (Å²) in [6.07, 6.45) is 15.5. The van der Waals surface area contributed by atoms with E-state index in [-0.39, 0.29) is 89.7 Å². The van der Waals surface area contributed by atoms with E-state index in [1.807, 2.05) is 36.4 Å². The molecular weight excluding hydrogens is 1150 g/mol. The third kappa shape index (κ3) is 11.6. The van der Waals surface area contributed by atoms with Crippen LogP contribution >= 0.6 is 12.1 Å². The lowest BCUT2D eigenvalue weighted by Gasteiger charge is -2.45. The summed E-state index contributed by atoms with van der Waals surface area (Å²) < 4.78 is 59.6. The van der Waals surface area contributed by atoms with Crippen LogP contribution in [0.15, 0.2) is 69.6 Å². The molecule has 3 atom stereocenters. The quantitative estimate of drug-likeness (QED) is 0.126. The van der Waals surface area contributed by atoms with Crippen LogP contribution in [0.1, 0.15) is 118 Å². The molecule has 9 aliphatic rings. The van der Waals surface area contributed by atoms with Gasteiger partial charge < -0.3 is 59.8 Å². The molecule has 12 rings (SSSR count). The van der Waals surface area contributed by atoms with Crippen LogP contribution in [0.4, 0.5) is 3.89 Å². The van der Waals surface area contributed by atoms with Crippen molar-refractivity contribution in [2.45, 2.75) is 139 Å². The number of nitrogens with two attached hydrogens (primary N) is 3. The number of fused-ring (bicyclic) bond motifs is 9. The highest BCUT2D eigenvalue weighted by Gasteiger charge is 2.69. The maximum atomic E-state index is 13.5. The fraction of sp³-hybridized carbons (Fsp3) is 0.631. The number of carbonyl (C=O) groups excluding carboxylic acids is 3. The van der Waals surface area contributed by atoms with Crippen LogP contribution < -0.4 is 31.4 Å². The molecular formula is C65H94FN9O12S. The van der Waals surface area contributed by atoms with E-state index < -0.39 is 16.6 Å². The summed E-state index contributed by atoms with van der Waals surface area (Å²) in [7, 11) is 15.3. The number of methoxy groups -OCH3 is 6. The highest BCUT2D eigenvalue weighted by molar-refractivity contribution is 7.93. The van der Waals surface area contributed by atoms with Crippen molar-refractivity contribution in [1.29, 1.82) is 0 Å². The Kier molecular flexibility index (Phi) is 21.6. The standard InChI is InChI=1S/3C21H29N3O4.CH3FS.CH4/c3*1-24-18(25)21(23-19(24)22)17-12-16(28-11-10-26-2)5-4-14(17)13-20(21)8-6-15(27-3)7-9-20;1-3-2;/h3*4-5,12,15H,6-11,13H2,1-3H3,(H2,22,23);1H3;1H4/t2*15?,20?,21-;;;/m10.../s1. The van der Waals surface area contributed by atoms with Crippen LogP contribution in [0, 0.1) is 16.2 Å². The largest absolute Gasteiger partial charge is 0.491 e. The number of hydrogen-bond acceptors (Lipinski definition) is 19. The minimum absolute atomic E-state index is 0. The second-order valence-corrected chi connectivity index (χ2v) is 24.8. The zero-order chi connectivity index (χ0) is 62.5. The molecule has 3 fully saturated rings. The van der Waals surface area contributed by atoms with E-state index in [1.165, 1.54) is 21.0 Å². The number of hydrogen-bond donors (Lipinski definition) is 3. The zero-order valence-corrected chi connectivity index (χ0v) is 53.2. The summed E-state index contributed by atoms with van der Waals surface area (Å²) in [6.45, 7) is 2.92. The van der Waals surface area contributed by atoms with Crippen LogP contribution in [0.3, 0.4) is 0 Å². The minimum Gasteiger partial charge on any atom is -0.491 e. The van der Waals surface area contributed by atoms with Crippen molar-refractivity contribution >= 4 is 47.7 Å². The topological polar surface area (TPSA) is 259 Å². The molecule has 23 heteroatoms. The molecule has 6 aliphatic carbocycles. The monoisotopic (exact) mass is 1240 g/mol. The number of aliphatic imine (C=N–C) groups is 3. The van der Waals surface area contributed by atoms with Gasteiger partial charge in [-0.2, -0.15) is 3.89 Å². The Bertz CT molecular complexity index is 2750. The second kappa shape index (κ2) is 28.0. The van der Waals surface area contributed by atoms with Crippen LogP contribution in [-0.2, 0) is 78.7 Å². The lowest BCUT2D eigenvalue weighted by Crippen LogP contribution is -2.51. The second-order valence-electron chi connectivity index (χ2n) is 24.4. The van der Waals surface area contributed by atoms with E-state index in [0.717, 1.165) is 147 Å². The smallest absolute Gasteiger partial charge is 0.262 e. The molecule has 6 N–H and O–H groups in total. The first kappa shape index (κ1) is 67.8. The maximum Gasteiger partial charge on any atom is 0.262 e. The highest BCUT2D eigenvalue weighted by Crippen LogP contribution is 2.65. The summed E-state index contributed by atoms with van der Waals surface area (Å²) >= 11 is 0.250. The molecule has 0 aromatic heterocycles. The summed E-state index contributed by atoms with van der Waals surface area (Å²) in [5, 5.41) is 0. The van der Waals surface area contributed by atoms with Crippen molar-refractivity contribution in [3.8, 4) is 17.2 Å². The van der Waals surface area contributed by atoms with Gasteiger partial charge in [-0.1, -0.05) is 25.6 Å². The predicted molar refractivity (Wildman–Crippen MR) is 337 cm³/mol. The molecule has 6 spiro atoms. The lowest BCUT2D eigenvalue weighted by atomic mass is 9.61. The van der Waals surface area contributed by atoms with E-state index in [4.69, 9.17) is 74.8 Å². The number of nitrogens with zero attached hydrogens (tertiary/aromatic N) is 6. The molecule has 3 heterocycles. The molecule has 0 bridgehead atoms. The predicted octanol–water partition coefficient (Wildman–Crippen LogP) is 7.35. The Labute approximate surface area is 523 Å². The Morgan fingerprint density at radius 2 is 0.705 bits per heavy atom. The molecule has 21 nitrogen and oxygen atoms in total. The summed E-state index contributed by atoms with van der Waals surface area (Å²) in [4.78, 5) is 59.6. The van der Waals surface area contributed by atoms with Crippen molar-refractivity contribution in [2.24, 2.45) is 48.4 Å². The number of benzene rings is 3. The van der Waals surface area contributed by atoms with E-state index in [9.17, 15) is 18.3 Å². The minimum atomic E-state index is -0.958. The summed E-state index contributed by atoms with van der Waals surface area (Å²) in [6, 6.07) is 18.1. The Morgan fingerprint density at radius 1 is 0.466 bits per heavy atom. The van der Waals surface area contributed by atoms with Crippen LogP contribution in [0.5, 0.6) is 17.2 Å². The van der Waals surface area contributed by atoms with Crippen molar-refractivity contribution in [3.63, 3.8) is 0 Å². The van der Waals surface area contributed by atoms with Crippen molar-refractivity contribution in [2.75, 3.05) is 110 Å². The number of rotatable bonds is 15. The molecule has 484 valence electrons. The third-order valence-electron chi connectivity index (χ3n) is 20.4. The molecule has 3 aromatic rings. The molecule has 3 amide bonds. The number of guanidine groups is 3. The first-order chi connectivity index (χ1) is 41.8. The average molecular weight is 1240 g/mol. The van der Waals surface area contributed by atoms with Gasteiger partial charge in [0.15, 0.2) is 34.5 Å². The number of halogens is 1. The van der Waals surface area contributed by atoms with Crippen LogP contribution in [0.25, 0.3) is 0 Å². The van der Waals surface area contributed by atoms with E-state index in [0.29, 0.717) is 39.6 Å². The molecule has 1 unspecified atom stereocenters. The first-order valence-corrected chi connectivity index (χ1v) is 31.3. The Balaban J connectivity index is 0.000000166. The van der Waals surface area contributed by atoms with Gasteiger partial charge in [-0.25, -0.2) is 15.0 Å². The fourth-order valence-corrected chi connectivity index (χ4v) is 15.7. The number of ether oxygens (including phenoxy) is 9. The Hall–Kier alpha value is -6.08. The number of amides is 3. The SMILES string of the molecule is C.COCCOc1ccc2c(c1)C1(N=C(N)N(C)C1=O)C1(CCC(OC)CC1)C2.COCCOc1ccc2c(c1)[C@@]1(N=C(N)N(C)C1=O)C1(CCC(OC)CC1)C2.COCCOc1ccc2c(c1)[C@]1(N=C(N)N(C)C1=O)C1(CCC(OC)CC1)C2.CSF. The van der Waals surface area contributed by atoms with Gasteiger partial charge in [0.1, 0.15) is 37.1 Å². The molecule has 3 aromatic carbocycles. The molecule has 88 heavy (non-hydrogen) atoms. The van der Waals surface area contributed by atoms with E-state index >= 15 is 0 Å². The highest BCUT2D eigenvalue weighted by atomic mass is 32.2. The van der Waals surface area contributed by atoms with Gasteiger partial charge in [-0.15, -0.1) is 0 Å². The first-order valence-electron chi connectivity index (χ1n) is 30.2. The fourth-order valence-electron chi connectivity index (χ4n) is 15.7. The van der Waals surface area contributed by atoms with Gasteiger partial charge in [0, 0.05) is 98.5 Å². The normalized spacial score (nSPS) is 30.3. The molecule has 0 saturated heterocycles. The molecule has 3 aliphatic heterocycles. The van der Waals surface area contributed by atoms with Gasteiger partial charge in [0.2, 0.25) is 0 Å². The van der Waals surface area contributed by atoms with Gasteiger partial charge in [-0.3, -0.25) is 29.1 Å². The van der Waals surface area contributed by atoms with E-state index in [1.54, 1.807) is 63.8 Å². The average Bonchev–Trinajstić information content (AvgIpc) is 1.61. The van der Waals surface area contributed by atoms with E-state index in [2.05, 4.69) is 18.2 Å². The Morgan fingerprint density at radius 3 is 0.898 bits per heavy atom. The van der Waals surface area contributed by atoms with Crippen LogP contribution in [0.2, 0.25) is 0 Å². The zero-order valence-electron chi connectivity index (χ0n) is 52.4. The van der Waals surface area contributed by atoms with Crippen molar-refractivity contribution < 1.29 is 60.9 Å². The third-order valence-corrected chi connectivity index (χ3v) is 20.4. The summed E-state index contributed by atoms with van der Waals surface area (Å²) in [5.74, 6) is 2.96. The maximum absolute atomic E-state index is 13.5. The number of carbonyl (C=O) groups is 3. The van der Waals surface area contributed by atoms with Gasteiger partial charge in [0.25, 0.3) is 17.7 Å².